The van der Waals surface area contributed by atoms with E-state index in [9.17, 15) is 4.79 Å². The standard InChI is InChI=1S/C14H22ClN3O2/c1-4-18(5-2)8-7-13-16-10-11(12(9-15)17-13)14(19)20-6-3/h10H,4-9H2,1-3H3. The molecule has 0 aromatic carbocycles. The highest BCUT2D eigenvalue weighted by atomic mass is 35.5. The van der Waals surface area contributed by atoms with Crippen LogP contribution in [-0.2, 0) is 17.0 Å². The fraction of sp³-hybridized carbons (Fsp3) is 0.643. The Balaban J connectivity index is 2.79. The molecule has 1 heterocycles. The Kier molecular flexibility index (Phi) is 7.47. The van der Waals surface area contributed by atoms with Gasteiger partial charge in [0.1, 0.15) is 11.4 Å². The molecule has 0 spiro atoms. The molecule has 0 N–H and O–H groups in total. The number of carbonyl (C=O) groups excluding carboxylic acids is 1. The lowest BCUT2D eigenvalue weighted by molar-refractivity contribution is 0.0524. The Morgan fingerprint density at radius 3 is 2.60 bits per heavy atom. The molecular weight excluding hydrogens is 278 g/mol. The average Bonchev–Trinajstić information content (AvgIpc) is 2.48. The van der Waals surface area contributed by atoms with Crippen molar-refractivity contribution in [1.82, 2.24) is 14.9 Å². The van der Waals surface area contributed by atoms with Crippen LogP contribution in [0.1, 0.15) is 42.6 Å². The molecule has 6 heteroatoms. The maximum absolute atomic E-state index is 11.7. The van der Waals surface area contributed by atoms with E-state index in [4.69, 9.17) is 16.3 Å². The van der Waals surface area contributed by atoms with Crippen molar-refractivity contribution in [3.63, 3.8) is 0 Å². The minimum absolute atomic E-state index is 0.176. The molecule has 1 rings (SSSR count). The summed E-state index contributed by atoms with van der Waals surface area (Å²) in [7, 11) is 0. The summed E-state index contributed by atoms with van der Waals surface area (Å²) in [4.78, 5) is 22.6. The van der Waals surface area contributed by atoms with Crippen molar-refractivity contribution in [1.29, 1.82) is 0 Å². The Hall–Kier alpha value is -1.20. The van der Waals surface area contributed by atoms with Crippen LogP contribution in [0, 0.1) is 0 Å². The molecule has 0 aliphatic rings. The van der Waals surface area contributed by atoms with Gasteiger partial charge in [-0.2, -0.15) is 0 Å². The van der Waals surface area contributed by atoms with E-state index in [2.05, 4.69) is 28.7 Å². The third-order valence-electron chi connectivity index (χ3n) is 3.09. The molecule has 0 saturated carbocycles. The Morgan fingerprint density at radius 2 is 2.05 bits per heavy atom. The van der Waals surface area contributed by atoms with Gasteiger partial charge in [-0.25, -0.2) is 14.8 Å². The van der Waals surface area contributed by atoms with E-state index in [0.717, 1.165) is 26.1 Å². The van der Waals surface area contributed by atoms with Crippen molar-refractivity contribution in [3.05, 3.63) is 23.3 Å². The van der Waals surface area contributed by atoms with Crippen LogP contribution in [0.25, 0.3) is 0 Å². The molecule has 1 aromatic rings. The van der Waals surface area contributed by atoms with E-state index in [-0.39, 0.29) is 5.88 Å². The van der Waals surface area contributed by atoms with Crippen molar-refractivity contribution >= 4 is 17.6 Å². The first kappa shape index (κ1) is 16.9. The number of alkyl halides is 1. The first-order chi connectivity index (χ1) is 9.65. The van der Waals surface area contributed by atoms with Gasteiger partial charge in [0.05, 0.1) is 18.2 Å². The minimum Gasteiger partial charge on any atom is -0.462 e. The van der Waals surface area contributed by atoms with Crippen molar-refractivity contribution < 1.29 is 9.53 Å². The molecule has 0 atom stereocenters. The third-order valence-corrected chi connectivity index (χ3v) is 3.34. The molecule has 0 bridgehead atoms. The largest absolute Gasteiger partial charge is 0.462 e. The Labute approximate surface area is 125 Å². The smallest absolute Gasteiger partial charge is 0.341 e. The maximum atomic E-state index is 11.7. The zero-order valence-electron chi connectivity index (χ0n) is 12.4. The summed E-state index contributed by atoms with van der Waals surface area (Å²) in [6, 6.07) is 0. The molecule has 0 amide bonds. The van der Waals surface area contributed by atoms with E-state index in [0.29, 0.717) is 23.7 Å². The van der Waals surface area contributed by atoms with Gasteiger partial charge in [-0.15, -0.1) is 11.6 Å². The molecule has 0 saturated heterocycles. The van der Waals surface area contributed by atoms with E-state index >= 15 is 0 Å². The molecule has 0 radical (unpaired) electrons. The summed E-state index contributed by atoms with van der Waals surface area (Å²) in [5, 5.41) is 0. The second kappa shape index (κ2) is 8.87. The van der Waals surface area contributed by atoms with Gasteiger partial charge in [0.2, 0.25) is 0 Å². The highest BCUT2D eigenvalue weighted by Gasteiger charge is 2.15. The molecule has 1 aromatic heterocycles. The number of rotatable bonds is 8. The van der Waals surface area contributed by atoms with Crippen LogP contribution in [0.5, 0.6) is 0 Å². The quantitative estimate of drug-likeness (QED) is 0.544. The predicted octanol–water partition coefficient (Wildman–Crippen LogP) is 2.28. The molecule has 5 nitrogen and oxygen atoms in total. The van der Waals surface area contributed by atoms with Crippen LogP contribution in [0.15, 0.2) is 6.20 Å². The lowest BCUT2D eigenvalue weighted by atomic mass is 10.2. The van der Waals surface area contributed by atoms with Gasteiger partial charge in [0.25, 0.3) is 0 Å². The highest BCUT2D eigenvalue weighted by Crippen LogP contribution is 2.11. The first-order valence-electron chi connectivity index (χ1n) is 6.96. The Bertz CT molecular complexity index is 436. The van der Waals surface area contributed by atoms with Crippen LogP contribution in [0.4, 0.5) is 0 Å². The zero-order chi connectivity index (χ0) is 15.0. The van der Waals surface area contributed by atoms with Crippen LogP contribution >= 0.6 is 11.6 Å². The summed E-state index contributed by atoms with van der Waals surface area (Å²) in [5.74, 6) is 0.466. The molecule has 0 fully saturated rings. The van der Waals surface area contributed by atoms with Gasteiger partial charge in [-0.05, 0) is 20.0 Å². The Morgan fingerprint density at radius 1 is 1.35 bits per heavy atom. The van der Waals surface area contributed by atoms with Crippen LogP contribution < -0.4 is 0 Å². The van der Waals surface area contributed by atoms with Crippen molar-refractivity contribution in [2.45, 2.75) is 33.1 Å². The number of esters is 1. The topological polar surface area (TPSA) is 55.3 Å². The number of carbonyl (C=O) groups is 1. The minimum atomic E-state index is -0.418. The van der Waals surface area contributed by atoms with Crippen LogP contribution in [0.2, 0.25) is 0 Å². The number of hydrogen-bond acceptors (Lipinski definition) is 5. The molecule has 20 heavy (non-hydrogen) atoms. The third kappa shape index (κ3) is 4.72. The van der Waals surface area contributed by atoms with E-state index < -0.39 is 5.97 Å². The number of aromatic nitrogens is 2. The molecule has 0 unspecified atom stereocenters. The lowest BCUT2D eigenvalue weighted by Crippen LogP contribution is -2.26. The van der Waals surface area contributed by atoms with Gasteiger partial charge in [0, 0.05) is 19.2 Å². The SMILES string of the molecule is CCOC(=O)c1cnc(CCN(CC)CC)nc1CCl. The number of ether oxygens (including phenoxy) is 1. The van der Waals surface area contributed by atoms with Gasteiger partial charge < -0.3 is 9.64 Å². The van der Waals surface area contributed by atoms with Gasteiger partial charge in [0.15, 0.2) is 0 Å². The van der Waals surface area contributed by atoms with Gasteiger partial charge >= 0.3 is 5.97 Å². The second-order valence-electron chi connectivity index (χ2n) is 4.28. The van der Waals surface area contributed by atoms with Crippen LogP contribution in [0.3, 0.4) is 0 Å². The van der Waals surface area contributed by atoms with Crippen molar-refractivity contribution in [2.24, 2.45) is 0 Å². The summed E-state index contributed by atoms with van der Waals surface area (Å²) in [6.07, 6.45) is 2.26. The lowest BCUT2D eigenvalue weighted by Gasteiger charge is -2.17. The van der Waals surface area contributed by atoms with Crippen molar-refractivity contribution in [3.8, 4) is 0 Å². The summed E-state index contributed by atoms with van der Waals surface area (Å²) in [5.41, 5.74) is 0.892. The summed E-state index contributed by atoms with van der Waals surface area (Å²) < 4.78 is 4.96. The summed E-state index contributed by atoms with van der Waals surface area (Å²) >= 11 is 5.86. The van der Waals surface area contributed by atoms with E-state index in [1.807, 2.05) is 0 Å². The number of nitrogens with zero attached hydrogens (tertiary/aromatic N) is 3. The second-order valence-corrected chi connectivity index (χ2v) is 4.54. The molecule has 112 valence electrons. The highest BCUT2D eigenvalue weighted by molar-refractivity contribution is 6.17. The fourth-order valence-electron chi connectivity index (χ4n) is 1.86. The monoisotopic (exact) mass is 299 g/mol. The van der Waals surface area contributed by atoms with E-state index in [1.165, 1.54) is 6.20 Å². The van der Waals surface area contributed by atoms with Gasteiger partial charge in [-0.3, -0.25) is 0 Å². The molecule has 0 aliphatic carbocycles. The van der Waals surface area contributed by atoms with E-state index in [1.54, 1.807) is 6.92 Å². The molecular formula is C14H22ClN3O2. The molecule has 0 aliphatic heterocycles. The number of hydrogen-bond donors (Lipinski definition) is 0. The average molecular weight is 300 g/mol. The number of likely N-dealkylation sites (N-methyl/N-ethyl adjacent to an activating group) is 1. The van der Waals surface area contributed by atoms with Gasteiger partial charge in [-0.1, -0.05) is 13.8 Å². The first-order valence-corrected chi connectivity index (χ1v) is 7.49. The normalized spacial score (nSPS) is 10.8. The van der Waals surface area contributed by atoms with Crippen LogP contribution in [-0.4, -0.2) is 47.1 Å². The zero-order valence-corrected chi connectivity index (χ0v) is 13.1. The summed E-state index contributed by atoms with van der Waals surface area (Å²) in [6.45, 7) is 9.23. The number of halogens is 1. The fourth-order valence-corrected chi connectivity index (χ4v) is 2.06. The van der Waals surface area contributed by atoms with Crippen molar-refractivity contribution in [2.75, 3.05) is 26.2 Å². The predicted molar refractivity (Wildman–Crippen MR) is 79.0 cm³/mol. The maximum Gasteiger partial charge on any atom is 0.341 e.